The van der Waals surface area contributed by atoms with E-state index in [9.17, 15) is 18.0 Å². The summed E-state index contributed by atoms with van der Waals surface area (Å²) in [5, 5.41) is 2.86. The minimum absolute atomic E-state index is 0.0755. The smallest absolute Gasteiger partial charge is 0.264 e. The number of carbonyl (C=O) groups is 2. The van der Waals surface area contributed by atoms with Crippen LogP contribution in [0.4, 0.5) is 5.69 Å². The van der Waals surface area contributed by atoms with E-state index in [0.29, 0.717) is 10.2 Å². The van der Waals surface area contributed by atoms with Gasteiger partial charge in [0.2, 0.25) is 11.8 Å². The van der Waals surface area contributed by atoms with Crippen molar-refractivity contribution in [2.75, 3.05) is 10.8 Å². The van der Waals surface area contributed by atoms with Crippen molar-refractivity contribution in [3.05, 3.63) is 94.0 Å². The van der Waals surface area contributed by atoms with Crippen molar-refractivity contribution in [1.82, 2.24) is 10.2 Å². The first-order valence-corrected chi connectivity index (χ1v) is 14.6. The standard InChI is InChI=1S/C29H34BrN3O4S/c1-20(2)31-29(35)23(5)32(18-24-13-9-21(3)10-14-24)28(34)19-33(26-8-6-7-25(30)17-26)38(36,37)27-15-11-22(4)12-16-27/h6-17,20,23H,18-19H2,1-5H3,(H,31,35)/t23-/m1/s1. The first-order chi connectivity index (χ1) is 17.9. The van der Waals surface area contributed by atoms with Crippen molar-refractivity contribution in [3.63, 3.8) is 0 Å². The summed E-state index contributed by atoms with van der Waals surface area (Å²) < 4.78 is 29.4. The molecule has 0 aliphatic carbocycles. The molecule has 202 valence electrons. The molecule has 3 rings (SSSR count). The Bertz CT molecular complexity index is 1370. The molecule has 0 bridgehead atoms. The Morgan fingerprint density at radius 3 is 2.03 bits per heavy atom. The molecule has 9 heteroatoms. The lowest BCUT2D eigenvalue weighted by Gasteiger charge is -2.32. The fourth-order valence-electron chi connectivity index (χ4n) is 3.88. The van der Waals surface area contributed by atoms with Crippen molar-refractivity contribution in [1.29, 1.82) is 0 Å². The highest BCUT2D eigenvalue weighted by atomic mass is 79.9. The molecule has 0 aromatic heterocycles. The summed E-state index contributed by atoms with van der Waals surface area (Å²) in [6, 6.07) is 20.0. The molecule has 0 radical (unpaired) electrons. The molecule has 38 heavy (non-hydrogen) atoms. The quantitative estimate of drug-likeness (QED) is 0.347. The SMILES string of the molecule is Cc1ccc(CN(C(=O)CN(c2cccc(Br)c2)S(=O)(=O)c2ccc(C)cc2)[C@H](C)C(=O)NC(C)C)cc1. The molecule has 0 aliphatic heterocycles. The van der Waals surface area contributed by atoms with Crippen LogP contribution in [0, 0.1) is 13.8 Å². The maximum atomic E-state index is 13.9. The van der Waals surface area contributed by atoms with Crippen molar-refractivity contribution in [3.8, 4) is 0 Å². The van der Waals surface area contributed by atoms with Crippen LogP contribution in [0.2, 0.25) is 0 Å². The molecule has 1 atom stereocenters. The number of anilines is 1. The predicted octanol–water partition coefficient (Wildman–Crippen LogP) is 5.20. The average Bonchev–Trinajstić information content (AvgIpc) is 2.86. The molecule has 0 unspecified atom stereocenters. The van der Waals surface area contributed by atoms with E-state index in [0.717, 1.165) is 21.0 Å². The summed E-state index contributed by atoms with van der Waals surface area (Å²) in [5.41, 5.74) is 3.16. The zero-order chi connectivity index (χ0) is 28.0. The molecular weight excluding hydrogens is 566 g/mol. The van der Waals surface area contributed by atoms with Gasteiger partial charge >= 0.3 is 0 Å². The Morgan fingerprint density at radius 1 is 0.895 bits per heavy atom. The van der Waals surface area contributed by atoms with Crippen molar-refractivity contribution in [2.24, 2.45) is 0 Å². The van der Waals surface area contributed by atoms with Crippen molar-refractivity contribution >= 4 is 43.5 Å². The van der Waals surface area contributed by atoms with Crippen LogP contribution in [0.5, 0.6) is 0 Å². The molecule has 0 spiro atoms. The van der Waals surface area contributed by atoms with E-state index in [2.05, 4.69) is 21.2 Å². The van der Waals surface area contributed by atoms with Gasteiger partial charge in [0.15, 0.2) is 0 Å². The second-order valence-electron chi connectivity index (χ2n) is 9.65. The van der Waals surface area contributed by atoms with Gasteiger partial charge in [-0.05, 0) is 70.5 Å². The largest absolute Gasteiger partial charge is 0.352 e. The van der Waals surface area contributed by atoms with Crippen LogP contribution < -0.4 is 9.62 Å². The second-order valence-corrected chi connectivity index (χ2v) is 12.4. The number of rotatable bonds is 10. The number of carbonyl (C=O) groups excluding carboxylic acids is 2. The Balaban J connectivity index is 2.03. The van der Waals surface area contributed by atoms with Gasteiger partial charge in [-0.3, -0.25) is 13.9 Å². The molecule has 7 nitrogen and oxygen atoms in total. The number of halogens is 1. The molecule has 0 fully saturated rings. The highest BCUT2D eigenvalue weighted by Crippen LogP contribution is 2.27. The molecule has 0 aliphatic rings. The lowest BCUT2D eigenvalue weighted by molar-refractivity contribution is -0.139. The van der Waals surface area contributed by atoms with E-state index < -0.39 is 28.5 Å². The molecular formula is C29H34BrN3O4S. The molecule has 3 aromatic carbocycles. The van der Waals surface area contributed by atoms with Crippen molar-refractivity contribution < 1.29 is 18.0 Å². The third-order valence-electron chi connectivity index (χ3n) is 6.06. The van der Waals surface area contributed by atoms with Crippen LogP contribution in [0.1, 0.15) is 37.5 Å². The van der Waals surface area contributed by atoms with Crippen molar-refractivity contribution in [2.45, 2.75) is 58.1 Å². The van der Waals surface area contributed by atoms with Gasteiger partial charge in [0, 0.05) is 17.1 Å². The number of hydrogen-bond donors (Lipinski definition) is 1. The maximum absolute atomic E-state index is 13.9. The van der Waals surface area contributed by atoms with Crippen LogP contribution >= 0.6 is 15.9 Å². The Morgan fingerprint density at radius 2 is 1.47 bits per heavy atom. The van der Waals surface area contributed by atoms with Gasteiger partial charge in [-0.2, -0.15) is 0 Å². The van der Waals surface area contributed by atoms with Crippen LogP contribution in [-0.4, -0.2) is 43.8 Å². The normalized spacial score (nSPS) is 12.2. The van der Waals surface area contributed by atoms with E-state index in [1.54, 1.807) is 43.3 Å². The van der Waals surface area contributed by atoms with E-state index in [4.69, 9.17) is 0 Å². The summed E-state index contributed by atoms with van der Waals surface area (Å²) in [5.74, 6) is -0.802. The lowest BCUT2D eigenvalue weighted by atomic mass is 10.1. The third-order valence-corrected chi connectivity index (χ3v) is 8.34. The summed E-state index contributed by atoms with van der Waals surface area (Å²) in [4.78, 5) is 28.3. The number of amides is 2. The summed E-state index contributed by atoms with van der Waals surface area (Å²) in [6.07, 6.45) is 0. The minimum atomic E-state index is -4.10. The number of nitrogens with one attached hydrogen (secondary N) is 1. The topological polar surface area (TPSA) is 86.8 Å². The van der Waals surface area contributed by atoms with Gasteiger partial charge in [-0.25, -0.2) is 8.42 Å². The van der Waals surface area contributed by atoms with Crippen LogP contribution in [0.3, 0.4) is 0 Å². The highest BCUT2D eigenvalue weighted by molar-refractivity contribution is 9.10. The molecule has 1 N–H and O–H groups in total. The number of hydrogen-bond acceptors (Lipinski definition) is 4. The summed E-state index contributed by atoms with van der Waals surface area (Å²) >= 11 is 3.40. The monoisotopic (exact) mass is 599 g/mol. The van der Waals surface area contributed by atoms with Crippen LogP contribution in [0.15, 0.2) is 82.2 Å². The van der Waals surface area contributed by atoms with Gasteiger partial charge in [-0.15, -0.1) is 0 Å². The van der Waals surface area contributed by atoms with E-state index >= 15 is 0 Å². The Kier molecular flexibility index (Phi) is 9.73. The number of nitrogens with zero attached hydrogens (tertiary/aromatic N) is 2. The van der Waals surface area contributed by atoms with Crippen LogP contribution in [0.25, 0.3) is 0 Å². The molecule has 0 heterocycles. The van der Waals surface area contributed by atoms with Gasteiger partial charge in [0.05, 0.1) is 10.6 Å². The third kappa shape index (κ3) is 7.45. The van der Waals surface area contributed by atoms with E-state index in [1.165, 1.54) is 17.0 Å². The van der Waals surface area contributed by atoms with Gasteiger partial charge in [0.1, 0.15) is 12.6 Å². The fraction of sp³-hybridized carbons (Fsp3) is 0.310. The van der Waals surface area contributed by atoms with Gasteiger partial charge in [-0.1, -0.05) is 69.5 Å². The number of benzene rings is 3. The fourth-order valence-corrected chi connectivity index (χ4v) is 5.67. The zero-order valence-corrected chi connectivity index (χ0v) is 24.7. The first kappa shape index (κ1) is 29.4. The van der Waals surface area contributed by atoms with Gasteiger partial charge in [0.25, 0.3) is 10.0 Å². The van der Waals surface area contributed by atoms with E-state index in [1.807, 2.05) is 52.0 Å². The first-order valence-electron chi connectivity index (χ1n) is 12.4. The highest BCUT2D eigenvalue weighted by Gasteiger charge is 2.32. The Hall–Kier alpha value is -3.17. The zero-order valence-electron chi connectivity index (χ0n) is 22.3. The number of sulfonamides is 1. The predicted molar refractivity (Wildman–Crippen MR) is 154 cm³/mol. The average molecular weight is 601 g/mol. The summed E-state index contributed by atoms with van der Waals surface area (Å²) in [6.45, 7) is 8.87. The lowest BCUT2D eigenvalue weighted by Crippen LogP contribution is -2.52. The van der Waals surface area contributed by atoms with Crippen LogP contribution in [-0.2, 0) is 26.2 Å². The molecule has 2 amide bonds. The van der Waals surface area contributed by atoms with Gasteiger partial charge < -0.3 is 10.2 Å². The summed E-state index contributed by atoms with van der Waals surface area (Å²) in [7, 11) is -4.10. The second kappa shape index (κ2) is 12.6. The number of aryl methyl sites for hydroxylation is 2. The molecule has 0 saturated carbocycles. The molecule has 0 saturated heterocycles. The molecule has 3 aromatic rings. The van der Waals surface area contributed by atoms with E-state index in [-0.39, 0.29) is 23.4 Å². The Labute approximate surface area is 234 Å². The maximum Gasteiger partial charge on any atom is 0.264 e. The minimum Gasteiger partial charge on any atom is -0.352 e.